The van der Waals surface area contributed by atoms with E-state index in [0.717, 1.165) is 5.69 Å². The van der Waals surface area contributed by atoms with Crippen LogP contribution in [0.1, 0.15) is 16.6 Å². The normalized spacial score (nSPS) is 13.1. The molecule has 0 radical (unpaired) electrons. The molecular formula is C14H16ClN3OS2. The summed E-state index contributed by atoms with van der Waals surface area (Å²) in [6.07, 6.45) is 1.70. The van der Waals surface area contributed by atoms with Crippen molar-refractivity contribution in [2.75, 3.05) is 20.8 Å². The third-order valence-electron chi connectivity index (χ3n) is 3.35. The van der Waals surface area contributed by atoms with E-state index in [-0.39, 0.29) is 6.04 Å². The van der Waals surface area contributed by atoms with E-state index in [1.165, 1.54) is 14.3 Å². The van der Waals surface area contributed by atoms with Crippen molar-refractivity contribution in [3.8, 4) is 0 Å². The summed E-state index contributed by atoms with van der Waals surface area (Å²) >= 11 is 9.92. The Morgan fingerprint density at radius 3 is 3.05 bits per heavy atom. The Balaban J connectivity index is 1.99. The van der Waals surface area contributed by atoms with E-state index in [2.05, 4.69) is 27.9 Å². The van der Waals surface area contributed by atoms with E-state index < -0.39 is 0 Å². The number of nitrogens with zero attached hydrogens (tertiary/aromatic N) is 2. The molecule has 3 rings (SSSR count). The number of methoxy groups -OCH3 is 1. The monoisotopic (exact) mass is 341 g/mol. The van der Waals surface area contributed by atoms with E-state index in [0.29, 0.717) is 18.2 Å². The molecule has 0 aliphatic rings. The number of nitrogens with one attached hydrogen (secondary N) is 1. The highest BCUT2D eigenvalue weighted by molar-refractivity contribution is 7.27. The van der Waals surface area contributed by atoms with Crippen molar-refractivity contribution in [3.63, 3.8) is 0 Å². The second-order valence-electron chi connectivity index (χ2n) is 4.61. The van der Waals surface area contributed by atoms with Crippen LogP contribution in [-0.4, -0.2) is 30.5 Å². The molecule has 21 heavy (non-hydrogen) atoms. The first-order valence-electron chi connectivity index (χ1n) is 6.59. The van der Waals surface area contributed by atoms with E-state index >= 15 is 0 Å². The molecule has 3 heterocycles. The standard InChI is InChI=1S/C14H16ClN3OS2/c1-16-13(12-7-11-10(21-12)3-6-20-11)14-9(15)8-17-18(14)4-5-19-2/h3,6-8,13,16H,4-5H2,1-2H3. The molecule has 7 heteroatoms. The zero-order valence-electron chi connectivity index (χ0n) is 11.8. The zero-order valence-corrected chi connectivity index (χ0v) is 14.2. The Labute approximate surface area is 136 Å². The minimum Gasteiger partial charge on any atom is -0.383 e. The van der Waals surface area contributed by atoms with Crippen LogP contribution in [0.3, 0.4) is 0 Å². The lowest BCUT2D eigenvalue weighted by Crippen LogP contribution is -2.22. The Bertz CT molecular complexity index is 705. The lowest BCUT2D eigenvalue weighted by Gasteiger charge is -2.17. The first-order chi connectivity index (χ1) is 10.2. The first-order valence-corrected chi connectivity index (χ1v) is 8.66. The van der Waals surface area contributed by atoms with Gasteiger partial charge in [0, 0.05) is 21.4 Å². The number of hydrogen-bond acceptors (Lipinski definition) is 5. The molecule has 0 fully saturated rings. The third kappa shape index (κ3) is 2.86. The maximum atomic E-state index is 6.36. The van der Waals surface area contributed by atoms with Crippen molar-refractivity contribution in [3.05, 3.63) is 39.3 Å². The quantitative estimate of drug-likeness (QED) is 0.741. The summed E-state index contributed by atoms with van der Waals surface area (Å²) in [6, 6.07) is 4.43. The molecule has 0 saturated carbocycles. The lowest BCUT2D eigenvalue weighted by molar-refractivity contribution is 0.182. The summed E-state index contributed by atoms with van der Waals surface area (Å²) in [7, 11) is 3.64. The Morgan fingerprint density at radius 1 is 1.48 bits per heavy atom. The second kappa shape index (κ2) is 6.46. The van der Waals surface area contributed by atoms with Gasteiger partial charge in [-0.3, -0.25) is 4.68 Å². The Hall–Kier alpha value is -0.920. The minimum absolute atomic E-state index is 0.0430. The highest BCUT2D eigenvalue weighted by atomic mass is 35.5. The van der Waals surface area contributed by atoms with Gasteiger partial charge < -0.3 is 10.1 Å². The van der Waals surface area contributed by atoms with Gasteiger partial charge in [0.25, 0.3) is 0 Å². The molecule has 0 amide bonds. The number of rotatable bonds is 6. The number of fused-ring (bicyclic) bond motifs is 1. The molecule has 0 bridgehead atoms. The summed E-state index contributed by atoms with van der Waals surface area (Å²) < 4.78 is 9.69. The molecule has 112 valence electrons. The van der Waals surface area contributed by atoms with Gasteiger partial charge in [-0.2, -0.15) is 5.10 Å². The van der Waals surface area contributed by atoms with Crippen LogP contribution < -0.4 is 5.32 Å². The van der Waals surface area contributed by atoms with E-state index in [4.69, 9.17) is 16.3 Å². The largest absolute Gasteiger partial charge is 0.383 e. The number of halogens is 1. The molecule has 1 atom stereocenters. The van der Waals surface area contributed by atoms with Crippen LogP contribution in [0, 0.1) is 0 Å². The van der Waals surface area contributed by atoms with Gasteiger partial charge in [-0.1, -0.05) is 11.6 Å². The summed E-state index contributed by atoms with van der Waals surface area (Å²) in [5.74, 6) is 0. The minimum atomic E-state index is 0.0430. The average Bonchev–Trinajstić information content (AvgIpc) is 3.14. The molecule has 0 saturated heterocycles. The van der Waals surface area contributed by atoms with Crippen LogP contribution >= 0.6 is 34.3 Å². The molecule has 3 aromatic rings. The first kappa shape index (κ1) is 15.0. The topological polar surface area (TPSA) is 39.1 Å². The number of aromatic nitrogens is 2. The van der Waals surface area contributed by atoms with E-state index in [1.54, 1.807) is 36.0 Å². The van der Waals surface area contributed by atoms with Gasteiger partial charge in [0.15, 0.2) is 0 Å². The fourth-order valence-electron chi connectivity index (χ4n) is 2.36. The molecule has 3 aromatic heterocycles. The molecule has 1 unspecified atom stereocenters. The van der Waals surface area contributed by atoms with Gasteiger partial charge in [0.2, 0.25) is 0 Å². The SMILES string of the molecule is CNC(c1cc2sccc2s1)c1c(Cl)cnn1CCOC. The van der Waals surface area contributed by atoms with Gasteiger partial charge in [0.05, 0.1) is 36.1 Å². The summed E-state index contributed by atoms with van der Waals surface area (Å²) in [6.45, 7) is 1.30. The van der Waals surface area contributed by atoms with E-state index in [9.17, 15) is 0 Å². The summed E-state index contributed by atoms with van der Waals surface area (Å²) in [5, 5.41) is 10.5. The summed E-state index contributed by atoms with van der Waals surface area (Å²) in [5.41, 5.74) is 0.991. The van der Waals surface area contributed by atoms with Crippen molar-refractivity contribution in [1.82, 2.24) is 15.1 Å². The maximum Gasteiger partial charge on any atom is 0.0855 e. The third-order valence-corrected chi connectivity index (χ3v) is 5.79. The predicted octanol–water partition coefficient (Wildman–Crippen LogP) is 3.77. The smallest absolute Gasteiger partial charge is 0.0855 e. The fourth-order valence-corrected chi connectivity index (χ4v) is 4.84. The van der Waals surface area contributed by atoms with E-state index in [1.807, 2.05) is 11.7 Å². The molecule has 0 aliphatic heterocycles. The molecule has 1 N–H and O–H groups in total. The molecule has 0 aromatic carbocycles. The van der Waals surface area contributed by atoms with Crippen LogP contribution in [0.5, 0.6) is 0 Å². The van der Waals surface area contributed by atoms with Crippen LogP contribution in [0.4, 0.5) is 0 Å². The van der Waals surface area contributed by atoms with Gasteiger partial charge >= 0.3 is 0 Å². The average molecular weight is 342 g/mol. The van der Waals surface area contributed by atoms with Crippen molar-refractivity contribution < 1.29 is 4.74 Å². The molecule has 0 spiro atoms. The second-order valence-corrected chi connectivity index (χ2v) is 7.08. The van der Waals surface area contributed by atoms with Crippen LogP contribution in [0.25, 0.3) is 9.40 Å². The van der Waals surface area contributed by atoms with Crippen LogP contribution in [0.2, 0.25) is 5.02 Å². The van der Waals surface area contributed by atoms with Crippen molar-refractivity contribution in [2.45, 2.75) is 12.6 Å². The Kier molecular flexibility index (Phi) is 4.61. The molecule has 0 aliphatic carbocycles. The summed E-state index contributed by atoms with van der Waals surface area (Å²) in [4.78, 5) is 1.25. The highest BCUT2D eigenvalue weighted by Crippen LogP contribution is 2.37. The van der Waals surface area contributed by atoms with Gasteiger partial charge in [-0.05, 0) is 24.6 Å². The van der Waals surface area contributed by atoms with Gasteiger partial charge in [-0.25, -0.2) is 0 Å². The predicted molar refractivity (Wildman–Crippen MR) is 89.7 cm³/mol. The zero-order chi connectivity index (χ0) is 14.8. The molecule has 4 nitrogen and oxygen atoms in total. The van der Waals surface area contributed by atoms with Crippen LogP contribution in [-0.2, 0) is 11.3 Å². The Morgan fingerprint density at radius 2 is 2.33 bits per heavy atom. The number of thiophene rings is 2. The van der Waals surface area contributed by atoms with Gasteiger partial charge in [-0.15, -0.1) is 22.7 Å². The number of hydrogen-bond donors (Lipinski definition) is 1. The lowest BCUT2D eigenvalue weighted by atomic mass is 10.1. The maximum absolute atomic E-state index is 6.36. The van der Waals surface area contributed by atoms with Crippen molar-refractivity contribution in [1.29, 1.82) is 0 Å². The molecular weight excluding hydrogens is 326 g/mol. The van der Waals surface area contributed by atoms with Gasteiger partial charge in [0.1, 0.15) is 0 Å². The van der Waals surface area contributed by atoms with Crippen LogP contribution in [0.15, 0.2) is 23.7 Å². The van der Waals surface area contributed by atoms with Crippen molar-refractivity contribution >= 4 is 43.7 Å². The van der Waals surface area contributed by atoms with Crippen molar-refractivity contribution in [2.24, 2.45) is 0 Å². The number of ether oxygens (including phenoxy) is 1. The highest BCUT2D eigenvalue weighted by Gasteiger charge is 2.22. The fraction of sp³-hybridized carbons (Fsp3) is 0.357.